The average molecular weight is 277 g/mol. The van der Waals surface area contributed by atoms with Crippen LogP contribution in [0.5, 0.6) is 0 Å². The van der Waals surface area contributed by atoms with Gasteiger partial charge in [0.25, 0.3) is 0 Å². The normalized spacial score (nSPS) is 11.1. The summed E-state index contributed by atoms with van der Waals surface area (Å²) in [5, 5.41) is 10.7. The molecule has 80 valence electrons. The van der Waals surface area contributed by atoms with E-state index < -0.39 is 5.97 Å². The summed E-state index contributed by atoms with van der Waals surface area (Å²) in [5.41, 5.74) is 0.896. The van der Waals surface area contributed by atoms with Gasteiger partial charge in [0.05, 0.1) is 0 Å². The van der Waals surface area contributed by atoms with Crippen molar-refractivity contribution >= 4 is 38.7 Å². The van der Waals surface area contributed by atoms with E-state index in [2.05, 4.69) is 15.9 Å². The molecule has 0 saturated carbocycles. The largest absolute Gasteiger partial charge is 0.478 e. The molecule has 0 aliphatic carbocycles. The first-order valence-corrected chi connectivity index (χ1v) is 5.56. The molecule has 2 aromatic rings. The fourth-order valence-electron chi connectivity index (χ4n) is 1.62. The fraction of sp³-hybridized carbons (Fsp3) is 0. The minimum absolute atomic E-state index is 0.896. The monoisotopic (exact) mass is 276 g/mol. The highest BCUT2D eigenvalue weighted by Crippen LogP contribution is 2.27. The maximum absolute atomic E-state index is 10.5. The predicted octanol–water partition coefficient (Wildman–Crippen LogP) is 3.70. The van der Waals surface area contributed by atoms with Crippen molar-refractivity contribution in [3.8, 4) is 0 Å². The molecule has 0 amide bonds. The summed E-state index contributed by atoms with van der Waals surface area (Å²) < 4.78 is 0.968. The van der Waals surface area contributed by atoms with Gasteiger partial charge in [-0.1, -0.05) is 46.3 Å². The van der Waals surface area contributed by atoms with Crippen LogP contribution in [-0.4, -0.2) is 11.1 Å². The van der Waals surface area contributed by atoms with Crippen LogP contribution in [0.1, 0.15) is 5.56 Å². The van der Waals surface area contributed by atoms with Gasteiger partial charge in [-0.3, -0.25) is 0 Å². The van der Waals surface area contributed by atoms with Gasteiger partial charge in [0.15, 0.2) is 0 Å². The summed E-state index contributed by atoms with van der Waals surface area (Å²) >= 11 is 3.47. The minimum atomic E-state index is -0.941. The summed E-state index contributed by atoms with van der Waals surface area (Å²) in [6, 6.07) is 11.7. The number of aliphatic carboxylic acids is 1. The molecule has 2 rings (SSSR count). The second kappa shape index (κ2) is 4.49. The van der Waals surface area contributed by atoms with Gasteiger partial charge in [-0.05, 0) is 23.1 Å². The first kappa shape index (κ1) is 10.9. The summed E-state index contributed by atoms with van der Waals surface area (Å²) in [6.07, 6.45) is 2.75. The van der Waals surface area contributed by atoms with E-state index in [0.717, 1.165) is 26.9 Å². The van der Waals surface area contributed by atoms with E-state index >= 15 is 0 Å². The molecule has 0 spiro atoms. The van der Waals surface area contributed by atoms with Gasteiger partial charge in [0, 0.05) is 15.9 Å². The van der Waals surface area contributed by atoms with E-state index in [1.165, 1.54) is 0 Å². The second-order valence-electron chi connectivity index (χ2n) is 3.36. The molecule has 0 atom stereocenters. The summed E-state index contributed by atoms with van der Waals surface area (Å²) in [7, 11) is 0. The molecule has 0 aromatic heterocycles. The van der Waals surface area contributed by atoms with E-state index in [0.29, 0.717) is 0 Å². The van der Waals surface area contributed by atoms with E-state index in [1.807, 2.05) is 36.4 Å². The standard InChI is InChI=1S/C13H9BrO2/c14-11-6-2-5-9-3-1-4-10(13(9)11)7-8-12(15)16/h1-8H,(H,15,16)/b8-7+. The zero-order valence-corrected chi connectivity index (χ0v) is 9.94. The molecule has 0 unspecified atom stereocenters. The molecule has 3 heteroatoms. The molecule has 0 fully saturated rings. The van der Waals surface area contributed by atoms with Crippen LogP contribution in [0, 0.1) is 0 Å². The molecule has 0 heterocycles. The van der Waals surface area contributed by atoms with Crippen LogP contribution in [0.15, 0.2) is 46.9 Å². The van der Waals surface area contributed by atoms with E-state index in [4.69, 9.17) is 5.11 Å². The third kappa shape index (κ3) is 2.14. The number of hydrogen-bond acceptors (Lipinski definition) is 1. The SMILES string of the molecule is O=C(O)/C=C/c1cccc2cccc(Br)c12. The quantitative estimate of drug-likeness (QED) is 0.850. The lowest BCUT2D eigenvalue weighted by atomic mass is 10.0. The lowest BCUT2D eigenvalue weighted by Crippen LogP contribution is -1.86. The van der Waals surface area contributed by atoms with Crippen LogP contribution >= 0.6 is 15.9 Å². The Bertz CT molecular complexity index is 568. The Kier molecular flexibility index (Phi) is 3.06. The molecule has 16 heavy (non-hydrogen) atoms. The third-order valence-electron chi connectivity index (χ3n) is 2.29. The van der Waals surface area contributed by atoms with E-state index in [-0.39, 0.29) is 0 Å². The number of carboxylic acid groups (broad SMARTS) is 1. The molecule has 2 aromatic carbocycles. The first-order chi connectivity index (χ1) is 7.68. The molecule has 0 aliphatic heterocycles. The Morgan fingerprint density at radius 1 is 1.19 bits per heavy atom. The van der Waals surface area contributed by atoms with Gasteiger partial charge in [-0.2, -0.15) is 0 Å². The molecule has 0 bridgehead atoms. The summed E-state index contributed by atoms with van der Waals surface area (Å²) in [6.45, 7) is 0. The lowest BCUT2D eigenvalue weighted by molar-refractivity contribution is -0.131. The van der Waals surface area contributed by atoms with Gasteiger partial charge in [0.1, 0.15) is 0 Å². The molecular formula is C13H9BrO2. The van der Waals surface area contributed by atoms with Crippen LogP contribution in [0.25, 0.3) is 16.8 Å². The maximum Gasteiger partial charge on any atom is 0.328 e. The van der Waals surface area contributed by atoms with Crippen LogP contribution in [0.2, 0.25) is 0 Å². The van der Waals surface area contributed by atoms with Gasteiger partial charge in [0.2, 0.25) is 0 Å². The second-order valence-corrected chi connectivity index (χ2v) is 4.21. The molecule has 0 saturated heterocycles. The minimum Gasteiger partial charge on any atom is -0.478 e. The topological polar surface area (TPSA) is 37.3 Å². The Morgan fingerprint density at radius 2 is 1.88 bits per heavy atom. The Hall–Kier alpha value is -1.61. The zero-order chi connectivity index (χ0) is 11.5. The van der Waals surface area contributed by atoms with Crippen molar-refractivity contribution in [2.75, 3.05) is 0 Å². The zero-order valence-electron chi connectivity index (χ0n) is 8.35. The summed E-state index contributed by atoms with van der Waals surface area (Å²) in [4.78, 5) is 10.5. The van der Waals surface area contributed by atoms with E-state index in [1.54, 1.807) is 6.08 Å². The van der Waals surface area contributed by atoms with E-state index in [9.17, 15) is 4.79 Å². The molecule has 1 N–H and O–H groups in total. The van der Waals surface area contributed by atoms with Crippen LogP contribution in [0.3, 0.4) is 0 Å². The number of rotatable bonds is 2. The average Bonchev–Trinajstić information content (AvgIpc) is 2.26. The Balaban J connectivity index is 2.65. The van der Waals surface area contributed by atoms with Crippen LogP contribution in [0.4, 0.5) is 0 Å². The predicted molar refractivity (Wildman–Crippen MR) is 68.3 cm³/mol. The number of benzene rings is 2. The first-order valence-electron chi connectivity index (χ1n) is 4.77. The molecule has 0 aliphatic rings. The highest BCUT2D eigenvalue weighted by Gasteiger charge is 2.01. The van der Waals surface area contributed by atoms with Crippen molar-refractivity contribution < 1.29 is 9.90 Å². The number of carbonyl (C=O) groups is 1. The van der Waals surface area contributed by atoms with Crippen LogP contribution < -0.4 is 0 Å². The number of hydrogen-bond donors (Lipinski definition) is 1. The highest BCUT2D eigenvalue weighted by atomic mass is 79.9. The highest BCUT2D eigenvalue weighted by molar-refractivity contribution is 9.10. The molecule has 2 nitrogen and oxygen atoms in total. The third-order valence-corrected chi connectivity index (χ3v) is 2.95. The number of fused-ring (bicyclic) bond motifs is 1. The Labute approximate surface area is 101 Å². The Morgan fingerprint density at radius 3 is 2.56 bits per heavy atom. The number of carboxylic acids is 1. The molecule has 0 radical (unpaired) electrons. The van der Waals surface area contributed by atoms with Crippen molar-refractivity contribution in [3.63, 3.8) is 0 Å². The van der Waals surface area contributed by atoms with Crippen molar-refractivity contribution in [3.05, 3.63) is 52.5 Å². The van der Waals surface area contributed by atoms with Crippen molar-refractivity contribution in [2.45, 2.75) is 0 Å². The van der Waals surface area contributed by atoms with Crippen molar-refractivity contribution in [1.29, 1.82) is 0 Å². The lowest BCUT2D eigenvalue weighted by Gasteiger charge is -2.04. The van der Waals surface area contributed by atoms with Gasteiger partial charge < -0.3 is 5.11 Å². The molecular weight excluding hydrogens is 268 g/mol. The summed E-state index contributed by atoms with van der Waals surface area (Å²) in [5.74, 6) is -0.941. The van der Waals surface area contributed by atoms with Crippen LogP contribution in [-0.2, 0) is 4.79 Å². The fourth-order valence-corrected chi connectivity index (χ4v) is 2.23. The van der Waals surface area contributed by atoms with Gasteiger partial charge in [-0.15, -0.1) is 0 Å². The maximum atomic E-state index is 10.5. The van der Waals surface area contributed by atoms with Crippen molar-refractivity contribution in [2.24, 2.45) is 0 Å². The smallest absolute Gasteiger partial charge is 0.328 e. The van der Waals surface area contributed by atoms with Crippen molar-refractivity contribution in [1.82, 2.24) is 0 Å². The number of halogens is 1. The van der Waals surface area contributed by atoms with Gasteiger partial charge in [-0.25, -0.2) is 4.79 Å². The van der Waals surface area contributed by atoms with Gasteiger partial charge >= 0.3 is 5.97 Å².